The van der Waals surface area contributed by atoms with Gasteiger partial charge in [0.05, 0.1) is 6.61 Å². The van der Waals surface area contributed by atoms with Gasteiger partial charge in [-0.3, -0.25) is 4.90 Å². The van der Waals surface area contributed by atoms with E-state index in [-0.39, 0.29) is 6.61 Å². The molecule has 1 saturated heterocycles. The molecule has 0 aromatic carbocycles. The maximum atomic E-state index is 8.66. The van der Waals surface area contributed by atoms with Crippen LogP contribution in [0.25, 0.3) is 0 Å². The van der Waals surface area contributed by atoms with Crippen molar-refractivity contribution in [1.29, 1.82) is 0 Å². The molecule has 1 aliphatic rings. The summed E-state index contributed by atoms with van der Waals surface area (Å²) < 4.78 is 0. The van der Waals surface area contributed by atoms with Gasteiger partial charge in [-0.25, -0.2) is 0 Å². The lowest BCUT2D eigenvalue weighted by molar-refractivity contribution is 0.305. The van der Waals surface area contributed by atoms with Crippen molar-refractivity contribution in [2.45, 2.75) is 26.3 Å². The lowest BCUT2D eigenvalue weighted by Gasteiger charge is -2.13. The molecular formula is C14H19NOS. The van der Waals surface area contributed by atoms with E-state index in [1.807, 2.05) is 0 Å². The van der Waals surface area contributed by atoms with Gasteiger partial charge in [-0.05, 0) is 24.9 Å². The van der Waals surface area contributed by atoms with E-state index in [0.29, 0.717) is 6.42 Å². The second kappa shape index (κ2) is 6.20. The molecule has 1 N–H and O–H groups in total. The lowest BCUT2D eigenvalue weighted by Crippen LogP contribution is -2.18. The van der Waals surface area contributed by atoms with Gasteiger partial charge in [0.15, 0.2) is 0 Å². The van der Waals surface area contributed by atoms with Crippen LogP contribution < -0.4 is 0 Å². The molecule has 1 aromatic rings. The normalized spacial score (nSPS) is 20.2. The Bertz CT molecular complexity index is 415. The quantitative estimate of drug-likeness (QED) is 0.831. The first-order valence-electron chi connectivity index (χ1n) is 6.17. The molecule has 17 heavy (non-hydrogen) atoms. The summed E-state index contributed by atoms with van der Waals surface area (Å²) in [6.45, 7) is 5.99. The molecule has 0 radical (unpaired) electrons. The zero-order chi connectivity index (χ0) is 12.1. The third-order valence-corrected chi connectivity index (χ3v) is 3.93. The molecule has 2 nitrogen and oxygen atoms in total. The zero-order valence-electron chi connectivity index (χ0n) is 10.3. The fourth-order valence-corrected chi connectivity index (χ4v) is 3.00. The van der Waals surface area contributed by atoms with Gasteiger partial charge in [-0.2, -0.15) is 0 Å². The Morgan fingerprint density at radius 2 is 2.47 bits per heavy atom. The van der Waals surface area contributed by atoms with Crippen LogP contribution in [-0.4, -0.2) is 29.7 Å². The number of aliphatic hydroxyl groups excluding tert-OH is 1. The second-order valence-electron chi connectivity index (χ2n) is 4.71. The van der Waals surface area contributed by atoms with Crippen LogP contribution in [0.4, 0.5) is 0 Å². The van der Waals surface area contributed by atoms with Crippen LogP contribution in [0.5, 0.6) is 0 Å². The predicted molar refractivity (Wildman–Crippen MR) is 72.0 cm³/mol. The molecular weight excluding hydrogens is 230 g/mol. The van der Waals surface area contributed by atoms with Crippen molar-refractivity contribution >= 4 is 11.3 Å². The molecule has 0 bridgehead atoms. The Morgan fingerprint density at radius 3 is 3.18 bits per heavy atom. The maximum Gasteiger partial charge on any atom is 0.0540 e. The number of nitrogens with zero attached hydrogens (tertiary/aromatic N) is 1. The summed E-state index contributed by atoms with van der Waals surface area (Å²) in [4.78, 5) is 3.91. The summed E-state index contributed by atoms with van der Waals surface area (Å²) in [5.74, 6) is 6.89. The molecule has 0 amide bonds. The van der Waals surface area contributed by atoms with Gasteiger partial charge in [-0.1, -0.05) is 18.8 Å². The Balaban J connectivity index is 1.88. The van der Waals surface area contributed by atoms with Crippen LogP contribution in [0.3, 0.4) is 0 Å². The molecule has 1 atom stereocenters. The number of hydrogen-bond donors (Lipinski definition) is 1. The maximum absolute atomic E-state index is 8.66. The van der Waals surface area contributed by atoms with E-state index in [1.165, 1.54) is 24.4 Å². The first kappa shape index (κ1) is 12.6. The third kappa shape index (κ3) is 3.85. The Kier molecular flexibility index (Phi) is 4.61. The molecule has 1 aromatic heterocycles. The minimum atomic E-state index is 0.148. The fraction of sp³-hybridized carbons (Fsp3) is 0.571. The summed E-state index contributed by atoms with van der Waals surface area (Å²) in [6, 6.07) is 2.18. The predicted octanol–water partition coefficient (Wildman–Crippen LogP) is 2.32. The first-order valence-corrected chi connectivity index (χ1v) is 7.05. The van der Waals surface area contributed by atoms with Crippen molar-refractivity contribution in [1.82, 2.24) is 4.90 Å². The van der Waals surface area contributed by atoms with Gasteiger partial charge >= 0.3 is 0 Å². The second-order valence-corrected chi connectivity index (χ2v) is 5.70. The summed E-state index contributed by atoms with van der Waals surface area (Å²) in [6.07, 6.45) is 1.89. The Morgan fingerprint density at radius 1 is 1.59 bits per heavy atom. The van der Waals surface area contributed by atoms with Gasteiger partial charge in [0.2, 0.25) is 0 Å². The van der Waals surface area contributed by atoms with Crippen LogP contribution >= 0.6 is 11.3 Å². The van der Waals surface area contributed by atoms with Gasteiger partial charge in [0.1, 0.15) is 0 Å². The van der Waals surface area contributed by atoms with Gasteiger partial charge < -0.3 is 5.11 Å². The van der Waals surface area contributed by atoms with E-state index >= 15 is 0 Å². The van der Waals surface area contributed by atoms with Crippen LogP contribution in [0.15, 0.2) is 11.4 Å². The van der Waals surface area contributed by atoms with Crippen LogP contribution in [0.1, 0.15) is 30.2 Å². The number of likely N-dealkylation sites (tertiary alicyclic amines) is 1. The molecule has 3 heteroatoms. The molecule has 0 spiro atoms. The average Bonchev–Trinajstić information content (AvgIpc) is 2.90. The fourth-order valence-electron chi connectivity index (χ4n) is 2.14. The van der Waals surface area contributed by atoms with Crippen LogP contribution in [-0.2, 0) is 6.54 Å². The number of aliphatic hydroxyl groups is 1. The Hall–Kier alpha value is -0.820. The summed E-state index contributed by atoms with van der Waals surface area (Å²) >= 11 is 1.79. The zero-order valence-corrected chi connectivity index (χ0v) is 11.1. The first-order chi connectivity index (χ1) is 8.28. The number of hydrogen-bond acceptors (Lipinski definition) is 3. The summed E-state index contributed by atoms with van der Waals surface area (Å²) in [7, 11) is 0. The van der Waals surface area contributed by atoms with Crippen molar-refractivity contribution in [3.8, 4) is 11.8 Å². The van der Waals surface area contributed by atoms with Gasteiger partial charge in [0.25, 0.3) is 0 Å². The highest BCUT2D eigenvalue weighted by molar-refractivity contribution is 7.10. The van der Waals surface area contributed by atoms with Crippen LogP contribution in [0.2, 0.25) is 0 Å². The highest BCUT2D eigenvalue weighted by Crippen LogP contribution is 2.21. The monoisotopic (exact) mass is 249 g/mol. The molecule has 92 valence electrons. The average molecular weight is 249 g/mol. The van der Waals surface area contributed by atoms with E-state index in [9.17, 15) is 0 Å². The molecule has 0 aliphatic carbocycles. The number of rotatable bonds is 3. The largest absolute Gasteiger partial charge is 0.395 e. The van der Waals surface area contributed by atoms with Crippen molar-refractivity contribution in [2.75, 3.05) is 19.7 Å². The minimum absolute atomic E-state index is 0.148. The lowest BCUT2D eigenvalue weighted by atomic mass is 10.2. The van der Waals surface area contributed by atoms with Gasteiger partial charge in [-0.15, -0.1) is 11.3 Å². The van der Waals surface area contributed by atoms with Crippen LogP contribution in [0, 0.1) is 17.8 Å². The molecule has 0 saturated carbocycles. The van der Waals surface area contributed by atoms with E-state index < -0.39 is 0 Å². The molecule has 2 heterocycles. The molecule has 1 unspecified atom stereocenters. The topological polar surface area (TPSA) is 23.5 Å². The third-order valence-electron chi connectivity index (χ3n) is 3.01. The minimum Gasteiger partial charge on any atom is -0.395 e. The standard InChI is InChI=1S/C14H19NOS/c1-12-5-6-15(9-12)10-14-8-13(11-17-14)4-2-3-7-16/h8,11-12,16H,3,5-7,9-10H2,1H3. The van der Waals surface area contributed by atoms with E-state index in [0.717, 1.165) is 18.0 Å². The molecule has 1 fully saturated rings. The van der Waals surface area contributed by atoms with Crippen molar-refractivity contribution < 1.29 is 5.11 Å². The van der Waals surface area contributed by atoms with Gasteiger partial charge in [0, 0.05) is 35.3 Å². The van der Waals surface area contributed by atoms with Crippen molar-refractivity contribution in [3.63, 3.8) is 0 Å². The smallest absolute Gasteiger partial charge is 0.0540 e. The van der Waals surface area contributed by atoms with E-state index in [2.05, 4.69) is 35.1 Å². The van der Waals surface area contributed by atoms with E-state index in [4.69, 9.17) is 5.11 Å². The SMILES string of the molecule is CC1CCN(Cc2cc(C#CCCO)cs2)C1. The van der Waals surface area contributed by atoms with Crippen molar-refractivity contribution in [2.24, 2.45) is 5.92 Å². The summed E-state index contributed by atoms with van der Waals surface area (Å²) in [5, 5.41) is 10.8. The summed E-state index contributed by atoms with van der Waals surface area (Å²) in [5.41, 5.74) is 1.09. The number of thiophene rings is 1. The van der Waals surface area contributed by atoms with Crippen molar-refractivity contribution in [3.05, 3.63) is 21.9 Å². The molecule has 1 aliphatic heterocycles. The van der Waals surface area contributed by atoms with E-state index in [1.54, 1.807) is 11.3 Å². The highest BCUT2D eigenvalue weighted by Gasteiger charge is 2.18. The molecule has 2 rings (SSSR count). The highest BCUT2D eigenvalue weighted by atomic mass is 32.1. The Labute approximate surface area is 107 Å².